The normalized spacial score (nSPS) is 11.2. The maximum Gasteiger partial charge on any atom is 0.137 e. The number of aromatic amines is 1. The molecule has 0 amide bonds. The van der Waals surface area contributed by atoms with Crippen LogP contribution < -0.4 is 5.32 Å². The molecule has 0 fully saturated rings. The van der Waals surface area contributed by atoms with E-state index in [0.29, 0.717) is 6.04 Å². The molecule has 1 aromatic heterocycles. The Hall–Kier alpha value is -1.68. The minimum absolute atomic E-state index is 0.218. The van der Waals surface area contributed by atoms with Gasteiger partial charge in [-0.25, -0.2) is 9.37 Å². The van der Waals surface area contributed by atoms with Gasteiger partial charge in [-0.2, -0.15) is 0 Å². The number of aryl methyl sites for hydroxylation is 1. The molecule has 0 unspecified atom stereocenters. The summed E-state index contributed by atoms with van der Waals surface area (Å²) in [6.45, 7) is 6.83. The first-order chi connectivity index (χ1) is 8.56. The van der Waals surface area contributed by atoms with Crippen molar-refractivity contribution < 1.29 is 4.39 Å². The Morgan fingerprint density at radius 3 is 2.83 bits per heavy atom. The summed E-state index contributed by atoms with van der Waals surface area (Å²) in [5.41, 5.74) is 2.85. The van der Waals surface area contributed by atoms with Crippen LogP contribution in [0.4, 0.5) is 4.39 Å². The third kappa shape index (κ3) is 2.96. The Morgan fingerprint density at radius 2 is 2.17 bits per heavy atom. The molecule has 0 saturated carbocycles. The van der Waals surface area contributed by atoms with Crippen molar-refractivity contribution in [1.82, 2.24) is 15.3 Å². The number of rotatable bonds is 4. The van der Waals surface area contributed by atoms with Crippen LogP contribution >= 0.6 is 0 Å². The average molecular weight is 247 g/mol. The van der Waals surface area contributed by atoms with E-state index in [9.17, 15) is 4.39 Å². The fourth-order valence-electron chi connectivity index (χ4n) is 1.79. The first kappa shape index (κ1) is 12.8. The van der Waals surface area contributed by atoms with Crippen LogP contribution in [-0.2, 0) is 6.54 Å². The number of hydrogen-bond acceptors (Lipinski definition) is 2. The van der Waals surface area contributed by atoms with Gasteiger partial charge in [0, 0.05) is 30.0 Å². The molecule has 2 N–H and O–H groups in total. The lowest BCUT2D eigenvalue weighted by Gasteiger charge is -2.05. The van der Waals surface area contributed by atoms with Crippen LogP contribution in [-0.4, -0.2) is 16.0 Å². The molecule has 96 valence electrons. The summed E-state index contributed by atoms with van der Waals surface area (Å²) >= 11 is 0. The zero-order valence-corrected chi connectivity index (χ0v) is 10.9. The van der Waals surface area contributed by atoms with Crippen LogP contribution in [0.25, 0.3) is 11.4 Å². The highest BCUT2D eigenvalue weighted by atomic mass is 19.1. The van der Waals surface area contributed by atoms with Gasteiger partial charge in [-0.3, -0.25) is 0 Å². The van der Waals surface area contributed by atoms with Gasteiger partial charge in [-0.15, -0.1) is 0 Å². The van der Waals surface area contributed by atoms with Crippen molar-refractivity contribution in [1.29, 1.82) is 0 Å². The summed E-state index contributed by atoms with van der Waals surface area (Å²) in [7, 11) is 0. The molecule has 1 aromatic carbocycles. The second-order valence-electron chi connectivity index (χ2n) is 4.75. The molecular weight excluding hydrogens is 229 g/mol. The standard InChI is InChI=1S/C14H18FN3/c1-9(2)16-7-12-8-17-14(18-12)13-5-4-11(15)6-10(13)3/h4-6,8-9,16H,7H2,1-3H3,(H,17,18). The van der Waals surface area contributed by atoms with Crippen molar-refractivity contribution in [3.63, 3.8) is 0 Å². The minimum Gasteiger partial charge on any atom is -0.341 e. The molecule has 2 aromatic rings. The lowest BCUT2D eigenvalue weighted by atomic mass is 10.1. The van der Waals surface area contributed by atoms with Crippen molar-refractivity contribution in [2.45, 2.75) is 33.4 Å². The Morgan fingerprint density at radius 1 is 1.39 bits per heavy atom. The van der Waals surface area contributed by atoms with Crippen molar-refractivity contribution >= 4 is 0 Å². The van der Waals surface area contributed by atoms with Crippen LogP contribution in [0.3, 0.4) is 0 Å². The number of halogens is 1. The summed E-state index contributed by atoms with van der Waals surface area (Å²) in [5, 5.41) is 3.32. The summed E-state index contributed by atoms with van der Waals surface area (Å²) in [6, 6.07) is 5.16. The van der Waals surface area contributed by atoms with E-state index >= 15 is 0 Å². The SMILES string of the molecule is Cc1cc(F)ccc1-c1ncc(CNC(C)C)[nH]1. The predicted molar refractivity (Wildman–Crippen MR) is 70.7 cm³/mol. The molecule has 0 spiro atoms. The van der Waals surface area contributed by atoms with Crippen molar-refractivity contribution in [3.05, 3.63) is 41.5 Å². The Kier molecular flexibility index (Phi) is 3.77. The van der Waals surface area contributed by atoms with E-state index in [1.165, 1.54) is 12.1 Å². The van der Waals surface area contributed by atoms with Gasteiger partial charge < -0.3 is 10.3 Å². The van der Waals surface area contributed by atoms with Gasteiger partial charge in [-0.05, 0) is 30.7 Å². The van der Waals surface area contributed by atoms with Gasteiger partial charge in [-0.1, -0.05) is 13.8 Å². The molecule has 0 saturated heterocycles. The molecule has 0 atom stereocenters. The third-order valence-corrected chi connectivity index (χ3v) is 2.77. The summed E-state index contributed by atoms with van der Waals surface area (Å²) in [4.78, 5) is 7.59. The first-order valence-corrected chi connectivity index (χ1v) is 6.10. The van der Waals surface area contributed by atoms with Crippen LogP contribution in [0.15, 0.2) is 24.4 Å². The van der Waals surface area contributed by atoms with Crippen LogP contribution in [0.1, 0.15) is 25.1 Å². The monoisotopic (exact) mass is 247 g/mol. The average Bonchev–Trinajstić information content (AvgIpc) is 2.75. The summed E-state index contributed by atoms with van der Waals surface area (Å²) in [5.74, 6) is 0.567. The van der Waals surface area contributed by atoms with E-state index in [1.807, 2.05) is 13.1 Å². The lowest BCUT2D eigenvalue weighted by molar-refractivity contribution is 0.583. The quantitative estimate of drug-likeness (QED) is 0.872. The van der Waals surface area contributed by atoms with Crippen molar-refractivity contribution in [3.8, 4) is 11.4 Å². The van der Waals surface area contributed by atoms with Gasteiger partial charge in [0.05, 0.1) is 0 Å². The minimum atomic E-state index is -0.218. The second kappa shape index (κ2) is 5.31. The Bertz CT molecular complexity index is 532. The lowest BCUT2D eigenvalue weighted by Crippen LogP contribution is -2.21. The van der Waals surface area contributed by atoms with Gasteiger partial charge in [0.2, 0.25) is 0 Å². The fraction of sp³-hybridized carbons (Fsp3) is 0.357. The molecule has 3 nitrogen and oxygen atoms in total. The number of aromatic nitrogens is 2. The smallest absolute Gasteiger partial charge is 0.137 e. The Labute approximate surface area is 106 Å². The number of H-pyrrole nitrogens is 1. The Balaban J connectivity index is 2.18. The molecule has 4 heteroatoms. The number of benzene rings is 1. The maximum absolute atomic E-state index is 13.0. The van der Waals surface area contributed by atoms with Crippen LogP contribution in [0, 0.1) is 12.7 Å². The van der Waals surface area contributed by atoms with Crippen LogP contribution in [0.2, 0.25) is 0 Å². The number of nitrogens with zero attached hydrogens (tertiary/aromatic N) is 1. The van der Waals surface area contributed by atoms with E-state index in [-0.39, 0.29) is 5.82 Å². The molecule has 2 rings (SSSR count). The zero-order chi connectivity index (χ0) is 13.1. The number of hydrogen-bond donors (Lipinski definition) is 2. The van der Waals surface area contributed by atoms with E-state index < -0.39 is 0 Å². The third-order valence-electron chi connectivity index (χ3n) is 2.77. The molecule has 0 radical (unpaired) electrons. The molecule has 0 aliphatic heterocycles. The molecule has 18 heavy (non-hydrogen) atoms. The van der Waals surface area contributed by atoms with Gasteiger partial charge in [0.15, 0.2) is 0 Å². The fourth-order valence-corrected chi connectivity index (χ4v) is 1.79. The van der Waals surface area contributed by atoms with E-state index in [4.69, 9.17) is 0 Å². The zero-order valence-electron chi connectivity index (χ0n) is 10.9. The van der Waals surface area contributed by atoms with Crippen molar-refractivity contribution in [2.75, 3.05) is 0 Å². The highest BCUT2D eigenvalue weighted by Crippen LogP contribution is 2.21. The van der Waals surface area contributed by atoms with Crippen molar-refractivity contribution in [2.24, 2.45) is 0 Å². The highest BCUT2D eigenvalue weighted by Gasteiger charge is 2.07. The molecule has 0 bridgehead atoms. The molecular formula is C14H18FN3. The molecule has 0 aliphatic rings. The number of nitrogens with one attached hydrogen (secondary N) is 2. The highest BCUT2D eigenvalue weighted by molar-refractivity contribution is 5.60. The summed E-state index contributed by atoms with van der Waals surface area (Å²) < 4.78 is 13.0. The summed E-state index contributed by atoms with van der Waals surface area (Å²) in [6.07, 6.45) is 1.81. The predicted octanol–water partition coefficient (Wildman–Crippen LogP) is 3.02. The molecule has 1 heterocycles. The second-order valence-corrected chi connectivity index (χ2v) is 4.75. The largest absolute Gasteiger partial charge is 0.341 e. The van der Waals surface area contributed by atoms with Gasteiger partial charge in [0.25, 0.3) is 0 Å². The van der Waals surface area contributed by atoms with Crippen LogP contribution in [0.5, 0.6) is 0 Å². The van der Waals surface area contributed by atoms with E-state index in [0.717, 1.165) is 29.2 Å². The topological polar surface area (TPSA) is 40.7 Å². The van der Waals surface area contributed by atoms with Gasteiger partial charge >= 0.3 is 0 Å². The van der Waals surface area contributed by atoms with Gasteiger partial charge in [0.1, 0.15) is 11.6 Å². The first-order valence-electron chi connectivity index (χ1n) is 6.10. The number of imidazole rings is 1. The maximum atomic E-state index is 13.0. The molecule has 0 aliphatic carbocycles. The van der Waals surface area contributed by atoms with E-state index in [1.54, 1.807) is 6.07 Å². The van der Waals surface area contributed by atoms with E-state index in [2.05, 4.69) is 29.1 Å².